The third-order valence-corrected chi connectivity index (χ3v) is 2.17. The first-order valence-electron chi connectivity index (χ1n) is 5.44. The number of nitrogens with zero attached hydrogens (tertiary/aromatic N) is 2. The first-order chi connectivity index (χ1) is 8.02. The highest BCUT2D eigenvalue weighted by atomic mass is 16.5. The molecule has 0 saturated carbocycles. The van der Waals surface area contributed by atoms with Crippen LogP contribution >= 0.6 is 0 Å². The average Bonchev–Trinajstić information content (AvgIpc) is 2.29. The number of esters is 1. The van der Waals surface area contributed by atoms with Gasteiger partial charge in [0.1, 0.15) is 6.04 Å². The SMILES string of the molecule is COC(=O)C(CC(C)C)Nc1ncc(N)cn1. The van der Waals surface area contributed by atoms with Crippen molar-refractivity contribution in [2.24, 2.45) is 5.92 Å². The van der Waals surface area contributed by atoms with Gasteiger partial charge in [0.05, 0.1) is 25.2 Å². The highest BCUT2D eigenvalue weighted by Crippen LogP contribution is 2.11. The molecule has 17 heavy (non-hydrogen) atoms. The Morgan fingerprint density at radius 3 is 2.53 bits per heavy atom. The maximum atomic E-state index is 11.6. The fourth-order valence-electron chi connectivity index (χ4n) is 1.40. The van der Waals surface area contributed by atoms with Gasteiger partial charge in [0.15, 0.2) is 0 Å². The fraction of sp³-hybridized carbons (Fsp3) is 0.545. The largest absolute Gasteiger partial charge is 0.467 e. The molecular formula is C11H18N4O2. The van der Waals surface area contributed by atoms with Gasteiger partial charge in [0.25, 0.3) is 0 Å². The summed E-state index contributed by atoms with van der Waals surface area (Å²) in [4.78, 5) is 19.5. The molecule has 1 rings (SSSR count). The van der Waals surface area contributed by atoms with E-state index in [9.17, 15) is 4.79 Å². The molecule has 0 spiro atoms. The molecule has 94 valence electrons. The van der Waals surface area contributed by atoms with Crippen LogP contribution in [0.4, 0.5) is 11.6 Å². The number of methoxy groups -OCH3 is 1. The van der Waals surface area contributed by atoms with Gasteiger partial charge in [0.2, 0.25) is 5.95 Å². The fourth-order valence-corrected chi connectivity index (χ4v) is 1.40. The molecule has 0 aliphatic carbocycles. The van der Waals surface area contributed by atoms with Gasteiger partial charge >= 0.3 is 5.97 Å². The van der Waals surface area contributed by atoms with Crippen LogP contribution in [0.2, 0.25) is 0 Å². The summed E-state index contributed by atoms with van der Waals surface area (Å²) in [5, 5.41) is 2.94. The van der Waals surface area contributed by atoms with Crippen LogP contribution in [0.25, 0.3) is 0 Å². The number of hydrogen-bond donors (Lipinski definition) is 2. The van der Waals surface area contributed by atoms with Gasteiger partial charge < -0.3 is 15.8 Å². The number of hydrogen-bond acceptors (Lipinski definition) is 6. The monoisotopic (exact) mass is 238 g/mol. The molecule has 1 aromatic heterocycles. The van der Waals surface area contributed by atoms with E-state index in [1.165, 1.54) is 19.5 Å². The highest BCUT2D eigenvalue weighted by molar-refractivity contribution is 5.78. The standard InChI is InChI=1S/C11H18N4O2/c1-7(2)4-9(10(16)17-3)15-11-13-5-8(12)6-14-11/h5-7,9H,4,12H2,1-3H3,(H,13,14,15). The lowest BCUT2D eigenvalue weighted by Gasteiger charge is -2.17. The first kappa shape index (κ1) is 13.2. The zero-order valence-electron chi connectivity index (χ0n) is 10.3. The van der Waals surface area contributed by atoms with Gasteiger partial charge in [-0.2, -0.15) is 0 Å². The minimum Gasteiger partial charge on any atom is -0.467 e. The number of carbonyl (C=O) groups is 1. The van der Waals surface area contributed by atoms with Crippen LogP contribution in [-0.2, 0) is 9.53 Å². The number of carbonyl (C=O) groups excluding carboxylic acids is 1. The van der Waals surface area contributed by atoms with Crippen LogP contribution in [0.3, 0.4) is 0 Å². The molecule has 0 aliphatic heterocycles. The lowest BCUT2D eigenvalue weighted by molar-refractivity contribution is -0.141. The van der Waals surface area contributed by atoms with Gasteiger partial charge in [-0.15, -0.1) is 0 Å². The number of anilines is 2. The summed E-state index contributed by atoms with van der Waals surface area (Å²) in [6, 6.07) is -0.441. The van der Waals surface area contributed by atoms with Crippen molar-refractivity contribution in [1.29, 1.82) is 0 Å². The van der Waals surface area contributed by atoms with E-state index >= 15 is 0 Å². The van der Waals surface area contributed by atoms with E-state index in [-0.39, 0.29) is 5.97 Å². The van der Waals surface area contributed by atoms with Gasteiger partial charge in [-0.1, -0.05) is 13.8 Å². The smallest absolute Gasteiger partial charge is 0.328 e. The number of aromatic nitrogens is 2. The van der Waals surface area contributed by atoms with Crippen molar-refractivity contribution in [1.82, 2.24) is 9.97 Å². The minimum absolute atomic E-state index is 0.320. The third-order valence-electron chi connectivity index (χ3n) is 2.17. The lowest BCUT2D eigenvalue weighted by Crippen LogP contribution is -2.32. The van der Waals surface area contributed by atoms with Crippen LogP contribution in [0, 0.1) is 5.92 Å². The Labute approximate surface area is 101 Å². The maximum Gasteiger partial charge on any atom is 0.328 e. The Kier molecular flexibility index (Phi) is 4.68. The highest BCUT2D eigenvalue weighted by Gasteiger charge is 2.21. The van der Waals surface area contributed by atoms with Crippen molar-refractivity contribution >= 4 is 17.6 Å². The number of rotatable bonds is 5. The van der Waals surface area contributed by atoms with E-state index in [4.69, 9.17) is 10.5 Å². The lowest BCUT2D eigenvalue weighted by atomic mass is 10.0. The van der Waals surface area contributed by atoms with E-state index < -0.39 is 6.04 Å². The molecule has 1 aromatic rings. The normalized spacial score (nSPS) is 12.2. The van der Waals surface area contributed by atoms with Crippen molar-refractivity contribution in [2.45, 2.75) is 26.3 Å². The molecule has 0 aliphatic rings. The maximum absolute atomic E-state index is 11.6. The summed E-state index contributed by atoms with van der Waals surface area (Å²) in [5.74, 6) is 0.412. The second-order valence-corrected chi connectivity index (χ2v) is 4.19. The van der Waals surface area contributed by atoms with Crippen molar-refractivity contribution in [3.63, 3.8) is 0 Å². The number of ether oxygens (including phenoxy) is 1. The summed E-state index contributed by atoms with van der Waals surface area (Å²) in [5.41, 5.74) is 5.96. The summed E-state index contributed by atoms with van der Waals surface area (Å²) < 4.78 is 4.73. The summed E-state index contributed by atoms with van der Waals surface area (Å²) in [7, 11) is 1.36. The molecule has 0 fully saturated rings. The van der Waals surface area contributed by atoms with Crippen LogP contribution in [-0.4, -0.2) is 29.1 Å². The summed E-state index contributed by atoms with van der Waals surface area (Å²) in [6.45, 7) is 4.06. The first-order valence-corrected chi connectivity index (χ1v) is 5.44. The Morgan fingerprint density at radius 1 is 1.47 bits per heavy atom. The van der Waals surface area contributed by atoms with E-state index in [0.29, 0.717) is 24.0 Å². The molecular weight excluding hydrogens is 220 g/mol. The summed E-state index contributed by atoms with van der Waals surface area (Å²) in [6.07, 6.45) is 3.62. The average molecular weight is 238 g/mol. The van der Waals surface area contributed by atoms with Gasteiger partial charge in [-0.3, -0.25) is 0 Å². The van der Waals surface area contributed by atoms with Crippen LogP contribution in [0.15, 0.2) is 12.4 Å². The van der Waals surface area contributed by atoms with E-state index in [1.54, 1.807) is 0 Å². The number of nitrogens with two attached hydrogens (primary N) is 1. The molecule has 0 radical (unpaired) electrons. The Morgan fingerprint density at radius 2 is 2.06 bits per heavy atom. The van der Waals surface area contributed by atoms with E-state index in [1.807, 2.05) is 13.8 Å². The molecule has 1 atom stereocenters. The van der Waals surface area contributed by atoms with Gasteiger partial charge in [-0.05, 0) is 12.3 Å². The quantitative estimate of drug-likeness (QED) is 0.745. The molecule has 0 aromatic carbocycles. The molecule has 3 N–H and O–H groups in total. The van der Waals surface area contributed by atoms with Crippen molar-refractivity contribution in [3.8, 4) is 0 Å². The molecule has 1 unspecified atom stereocenters. The Balaban J connectivity index is 2.71. The molecule has 6 heteroatoms. The zero-order chi connectivity index (χ0) is 12.8. The Bertz CT molecular complexity index is 364. The van der Waals surface area contributed by atoms with E-state index in [2.05, 4.69) is 15.3 Å². The van der Waals surface area contributed by atoms with Crippen molar-refractivity contribution < 1.29 is 9.53 Å². The second-order valence-electron chi connectivity index (χ2n) is 4.19. The van der Waals surface area contributed by atoms with Crippen LogP contribution in [0.1, 0.15) is 20.3 Å². The zero-order valence-corrected chi connectivity index (χ0v) is 10.3. The number of nitrogen functional groups attached to an aromatic ring is 1. The molecule has 1 heterocycles. The molecule has 0 saturated heterocycles. The predicted molar refractivity (Wildman–Crippen MR) is 65.3 cm³/mol. The van der Waals surface area contributed by atoms with Crippen molar-refractivity contribution in [3.05, 3.63) is 12.4 Å². The molecule has 6 nitrogen and oxygen atoms in total. The van der Waals surface area contributed by atoms with Crippen molar-refractivity contribution in [2.75, 3.05) is 18.2 Å². The minimum atomic E-state index is -0.441. The molecule has 0 amide bonds. The Hall–Kier alpha value is -1.85. The molecule has 0 bridgehead atoms. The number of nitrogens with one attached hydrogen (secondary N) is 1. The third kappa shape index (κ3) is 4.26. The van der Waals surface area contributed by atoms with E-state index in [0.717, 1.165) is 0 Å². The van der Waals surface area contributed by atoms with Gasteiger partial charge in [0, 0.05) is 0 Å². The predicted octanol–water partition coefficient (Wildman–Crippen LogP) is 1.06. The van der Waals surface area contributed by atoms with Gasteiger partial charge in [-0.25, -0.2) is 14.8 Å². The van der Waals surface area contributed by atoms with Crippen LogP contribution in [0.5, 0.6) is 0 Å². The summed E-state index contributed by atoms with van der Waals surface area (Å²) >= 11 is 0. The van der Waals surface area contributed by atoms with Crippen LogP contribution < -0.4 is 11.1 Å². The second kappa shape index (κ2) is 6.03. The topological polar surface area (TPSA) is 90.1 Å².